The summed E-state index contributed by atoms with van der Waals surface area (Å²) in [6, 6.07) is 0. The smallest absolute Gasteiger partial charge is 0.457 e. The molecule has 2 atom stereocenters. The molecule has 0 heterocycles. The van der Waals surface area contributed by atoms with Crippen LogP contribution < -0.4 is 5.73 Å². The van der Waals surface area contributed by atoms with Crippen molar-refractivity contribution in [2.45, 2.75) is 302 Å². The molecule has 0 saturated heterocycles. The molecule has 70 heavy (non-hydrogen) atoms. The molecule has 0 spiro atoms. The van der Waals surface area contributed by atoms with Crippen molar-refractivity contribution in [1.29, 1.82) is 0 Å². The molecule has 0 radical (unpaired) electrons. The van der Waals surface area contributed by atoms with E-state index >= 15 is 0 Å². The molecule has 0 aromatic rings. The van der Waals surface area contributed by atoms with Gasteiger partial charge in [-0.15, -0.1) is 0 Å². The number of phosphoric acid groups is 1. The van der Waals surface area contributed by atoms with E-state index in [2.05, 4.69) is 62.5 Å². The van der Waals surface area contributed by atoms with Gasteiger partial charge in [0.25, 0.3) is 0 Å². The predicted molar refractivity (Wildman–Crippen MR) is 303 cm³/mol. The SMILES string of the molecule is CC/C=C\C/C=C\C/C=C\C/C=C\CCCCCCCCCCCCCCCOCC(COP(=O)(O)OCCN)OC(=O)CCCCCCCCCCCCCCCCCCCCCCCCCCC. The van der Waals surface area contributed by atoms with E-state index in [9.17, 15) is 14.3 Å². The Morgan fingerprint density at radius 2 is 0.800 bits per heavy atom. The topological polar surface area (TPSA) is 117 Å². The van der Waals surface area contributed by atoms with Crippen molar-refractivity contribution in [2.75, 3.05) is 33.0 Å². The van der Waals surface area contributed by atoms with Gasteiger partial charge in [-0.1, -0.05) is 287 Å². The Hall–Kier alpha value is -1.54. The fraction of sp³-hybridized carbons (Fsp3) is 0.852. The molecule has 0 aliphatic carbocycles. The van der Waals surface area contributed by atoms with Crippen molar-refractivity contribution in [3.05, 3.63) is 48.6 Å². The lowest BCUT2D eigenvalue weighted by atomic mass is 10.0. The van der Waals surface area contributed by atoms with Crippen molar-refractivity contribution in [1.82, 2.24) is 0 Å². The molecular formula is C61H116NO7P. The summed E-state index contributed by atoms with van der Waals surface area (Å²) in [4.78, 5) is 22.7. The molecule has 3 N–H and O–H groups in total. The van der Waals surface area contributed by atoms with Gasteiger partial charge in [-0.3, -0.25) is 13.8 Å². The van der Waals surface area contributed by atoms with Gasteiger partial charge >= 0.3 is 13.8 Å². The molecular weight excluding hydrogens is 890 g/mol. The Balaban J connectivity index is 3.83. The summed E-state index contributed by atoms with van der Waals surface area (Å²) >= 11 is 0. The highest BCUT2D eigenvalue weighted by Gasteiger charge is 2.25. The maximum Gasteiger partial charge on any atom is 0.472 e. The molecule has 0 aromatic carbocycles. The van der Waals surface area contributed by atoms with Gasteiger partial charge in [-0.2, -0.15) is 0 Å². The van der Waals surface area contributed by atoms with E-state index in [0.29, 0.717) is 13.0 Å². The zero-order chi connectivity index (χ0) is 50.8. The first kappa shape index (κ1) is 68.5. The third kappa shape index (κ3) is 57.4. The number of allylic oxidation sites excluding steroid dienone is 8. The molecule has 0 aliphatic rings. The summed E-state index contributed by atoms with van der Waals surface area (Å²) in [5, 5.41) is 0. The summed E-state index contributed by atoms with van der Waals surface area (Å²) in [5.41, 5.74) is 5.41. The van der Waals surface area contributed by atoms with Gasteiger partial charge in [0.15, 0.2) is 0 Å². The first-order valence-corrected chi connectivity index (χ1v) is 31.6. The summed E-state index contributed by atoms with van der Waals surface area (Å²) in [7, 11) is -4.29. The minimum Gasteiger partial charge on any atom is -0.457 e. The van der Waals surface area contributed by atoms with Gasteiger partial charge in [0, 0.05) is 19.6 Å². The zero-order valence-electron chi connectivity index (χ0n) is 46.3. The Morgan fingerprint density at radius 3 is 1.20 bits per heavy atom. The van der Waals surface area contributed by atoms with Gasteiger partial charge in [0.05, 0.1) is 19.8 Å². The number of carbonyl (C=O) groups is 1. The molecule has 0 aliphatic heterocycles. The largest absolute Gasteiger partial charge is 0.472 e. The van der Waals surface area contributed by atoms with Gasteiger partial charge in [-0.25, -0.2) is 4.57 Å². The highest BCUT2D eigenvalue weighted by molar-refractivity contribution is 7.47. The standard InChI is InChI=1S/C61H116NO7P/c1-3-5-7-9-11-13-15-17-19-21-23-25-27-29-31-33-35-37-39-41-43-45-47-49-51-53-56-66-58-60(59-68-70(64,65)67-57-55-62)69-61(63)54-52-50-48-46-44-42-40-38-36-34-32-30-28-26-24-22-20-18-16-14-12-10-8-6-4-2/h5,7,11,13,17,19,23,25,60H,3-4,6,8-10,12,14-16,18,20-22,24,26-59,62H2,1-2H3,(H,64,65)/b7-5-,13-11-,19-17-,25-23-. The van der Waals surface area contributed by atoms with Crippen LogP contribution in [0.15, 0.2) is 48.6 Å². The summed E-state index contributed by atoms with van der Waals surface area (Å²) in [6.07, 6.45) is 73.2. The highest BCUT2D eigenvalue weighted by Crippen LogP contribution is 2.43. The quantitative estimate of drug-likeness (QED) is 0.0268. The van der Waals surface area contributed by atoms with E-state index in [1.807, 2.05) is 0 Å². The van der Waals surface area contributed by atoms with Crippen molar-refractivity contribution in [3.63, 3.8) is 0 Å². The van der Waals surface area contributed by atoms with E-state index in [4.69, 9.17) is 24.3 Å². The van der Waals surface area contributed by atoms with Crippen LogP contribution in [-0.2, 0) is 27.9 Å². The first-order valence-electron chi connectivity index (χ1n) is 30.1. The minimum absolute atomic E-state index is 0.0943. The molecule has 0 bridgehead atoms. The lowest BCUT2D eigenvalue weighted by molar-refractivity contribution is -0.154. The lowest BCUT2D eigenvalue weighted by Gasteiger charge is -2.20. The fourth-order valence-corrected chi connectivity index (χ4v) is 9.64. The third-order valence-electron chi connectivity index (χ3n) is 13.3. The van der Waals surface area contributed by atoms with Crippen LogP contribution in [0.2, 0.25) is 0 Å². The fourth-order valence-electron chi connectivity index (χ4n) is 8.88. The van der Waals surface area contributed by atoms with Crippen LogP contribution in [0, 0.1) is 0 Å². The summed E-state index contributed by atoms with van der Waals surface area (Å²) in [6.45, 7) is 4.87. The van der Waals surface area contributed by atoms with Crippen LogP contribution in [-0.4, -0.2) is 49.9 Å². The highest BCUT2D eigenvalue weighted by atomic mass is 31.2. The first-order chi connectivity index (χ1) is 34.4. The van der Waals surface area contributed by atoms with Crippen LogP contribution in [0.3, 0.4) is 0 Å². The van der Waals surface area contributed by atoms with Crippen LogP contribution >= 0.6 is 7.82 Å². The summed E-state index contributed by atoms with van der Waals surface area (Å²) < 4.78 is 33.7. The molecule has 0 aromatic heterocycles. The van der Waals surface area contributed by atoms with Crippen LogP contribution in [0.4, 0.5) is 0 Å². The van der Waals surface area contributed by atoms with Crippen LogP contribution in [0.25, 0.3) is 0 Å². The Labute approximate surface area is 434 Å². The second kappa shape index (κ2) is 58.4. The average molecular weight is 1010 g/mol. The molecule has 0 fully saturated rings. The molecule has 0 rings (SSSR count). The van der Waals surface area contributed by atoms with Crippen molar-refractivity contribution in [3.8, 4) is 0 Å². The molecule has 0 amide bonds. The molecule has 412 valence electrons. The van der Waals surface area contributed by atoms with Crippen molar-refractivity contribution in [2.24, 2.45) is 5.73 Å². The maximum atomic E-state index is 12.7. The van der Waals surface area contributed by atoms with Gasteiger partial charge in [0.2, 0.25) is 0 Å². The monoisotopic (exact) mass is 1010 g/mol. The number of hydrogen-bond donors (Lipinski definition) is 2. The van der Waals surface area contributed by atoms with E-state index in [1.54, 1.807) is 0 Å². The average Bonchev–Trinajstić information content (AvgIpc) is 3.35. The third-order valence-corrected chi connectivity index (χ3v) is 14.2. The van der Waals surface area contributed by atoms with Crippen molar-refractivity contribution < 1.29 is 32.8 Å². The normalized spacial score (nSPS) is 13.5. The number of hydrogen-bond acceptors (Lipinski definition) is 7. The summed E-state index contributed by atoms with van der Waals surface area (Å²) in [5.74, 6) is -0.324. The predicted octanol–water partition coefficient (Wildman–Crippen LogP) is 19.4. The van der Waals surface area contributed by atoms with E-state index in [1.165, 1.54) is 218 Å². The van der Waals surface area contributed by atoms with E-state index in [-0.39, 0.29) is 32.3 Å². The second-order valence-corrected chi connectivity index (χ2v) is 21.6. The molecule has 2 unspecified atom stereocenters. The molecule has 8 nitrogen and oxygen atoms in total. The number of unbranched alkanes of at least 4 members (excludes halogenated alkanes) is 37. The van der Waals surface area contributed by atoms with Gasteiger partial charge < -0.3 is 20.1 Å². The van der Waals surface area contributed by atoms with Crippen molar-refractivity contribution >= 4 is 13.8 Å². The van der Waals surface area contributed by atoms with E-state index < -0.39 is 13.9 Å². The Bertz CT molecular complexity index is 1220. The zero-order valence-corrected chi connectivity index (χ0v) is 47.2. The molecule has 0 saturated carbocycles. The Kier molecular flexibility index (Phi) is 57.1. The van der Waals surface area contributed by atoms with Crippen LogP contribution in [0.1, 0.15) is 296 Å². The number of rotatable bonds is 58. The Morgan fingerprint density at radius 1 is 0.443 bits per heavy atom. The number of phosphoric ester groups is 1. The van der Waals surface area contributed by atoms with Gasteiger partial charge in [0.1, 0.15) is 6.10 Å². The lowest BCUT2D eigenvalue weighted by Crippen LogP contribution is -2.28. The molecule has 9 heteroatoms. The number of esters is 1. The number of ether oxygens (including phenoxy) is 2. The van der Waals surface area contributed by atoms with E-state index in [0.717, 1.165) is 57.8 Å². The van der Waals surface area contributed by atoms with Crippen LogP contribution in [0.5, 0.6) is 0 Å². The maximum absolute atomic E-state index is 12.7. The number of nitrogens with two attached hydrogens (primary N) is 1. The minimum atomic E-state index is -4.29. The number of carbonyl (C=O) groups excluding carboxylic acids is 1. The second-order valence-electron chi connectivity index (χ2n) is 20.2. The van der Waals surface area contributed by atoms with Gasteiger partial charge in [-0.05, 0) is 51.4 Å².